The van der Waals surface area contributed by atoms with Gasteiger partial charge in [0.25, 0.3) is 0 Å². The average molecular weight is 412 g/mol. The van der Waals surface area contributed by atoms with E-state index in [-0.39, 0.29) is 24.2 Å². The zero-order chi connectivity index (χ0) is 21.7. The maximum absolute atomic E-state index is 12.7. The molecule has 7 heteroatoms. The van der Waals surface area contributed by atoms with E-state index >= 15 is 0 Å². The van der Waals surface area contributed by atoms with Gasteiger partial charge in [-0.25, -0.2) is 0 Å². The number of anilines is 1. The largest absolute Gasteiger partial charge is 0.493 e. The van der Waals surface area contributed by atoms with Crippen molar-refractivity contribution < 1.29 is 23.8 Å². The van der Waals surface area contributed by atoms with Crippen LogP contribution in [0.2, 0.25) is 0 Å². The molecule has 1 heterocycles. The van der Waals surface area contributed by atoms with Gasteiger partial charge in [0, 0.05) is 25.2 Å². The standard InChI is InChI=1S/C23H28N2O5/c1-5-15-6-8-18(9-7-15)25-14-17(12-21(25)26)23(27)24-13-16-10-19(28-2)22(30-4)20(11-16)29-3/h6-11,17H,5,12-14H2,1-4H3,(H,24,27)/t17-/m0/s1. The number of nitrogens with zero attached hydrogens (tertiary/aromatic N) is 1. The van der Waals surface area contributed by atoms with Crippen molar-refractivity contribution in [3.63, 3.8) is 0 Å². The molecule has 0 bridgehead atoms. The predicted molar refractivity (Wildman–Crippen MR) is 114 cm³/mol. The van der Waals surface area contributed by atoms with Crippen molar-refractivity contribution in [3.05, 3.63) is 47.5 Å². The Labute approximate surface area is 176 Å². The second-order valence-electron chi connectivity index (χ2n) is 7.18. The number of ether oxygens (including phenoxy) is 3. The highest BCUT2D eigenvalue weighted by Crippen LogP contribution is 2.38. The summed E-state index contributed by atoms with van der Waals surface area (Å²) in [5.41, 5.74) is 2.86. The first-order chi connectivity index (χ1) is 14.5. The second-order valence-corrected chi connectivity index (χ2v) is 7.18. The van der Waals surface area contributed by atoms with Crippen molar-refractivity contribution in [1.82, 2.24) is 5.32 Å². The van der Waals surface area contributed by atoms with Crippen LogP contribution in [0.3, 0.4) is 0 Å². The highest BCUT2D eigenvalue weighted by molar-refractivity contribution is 6.00. The maximum atomic E-state index is 12.7. The summed E-state index contributed by atoms with van der Waals surface area (Å²) in [6.45, 7) is 2.77. The Bertz CT molecular complexity index is 885. The summed E-state index contributed by atoms with van der Waals surface area (Å²) >= 11 is 0. The van der Waals surface area contributed by atoms with Gasteiger partial charge in [0.15, 0.2) is 11.5 Å². The Kier molecular flexibility index (Phi) is 6.82. The first kappa shape index (κ1) is 21.5. The van der Waals surface area contributed by atoms with Crippen LogP contribution in [0, 0.1) is 5.92 Å². The number of benzene rings is 2. The summed E-state index contributed by atoms with van der Waals surface area (Å²) in [4.78, 5) is 26.8. The number of hydrogen-bond donors (Lipinski definition) is 1. The van der Waals surface area contributed by atoms with Crippen LogP contribution in [-0.4, -0.2) is 39.7 Å². The Hall–Kier alpha value is -3.22. The lowest BCUT2D eigenvalue weighted by Crippen LogP contribution is -2.32. The van der Waals surface area contributed by atoms with Crippen molar-refractivity contribution in [1.29, 1.82) is 0 Å². The summed E-state index contributed by atoms with van der Waals surface area (Å²) in [7, 11) is 4.64. The summed E-state index contributed by atoms with van der Waals surface area (Å²) < 4.78 is 16.0. The SMILES string of the molecule is CCc1ccc(N2C[C@@H](C(=O)NCc3cc(OC)c(OC)c(OC)c3)CC2=O)cc1. The number of hydrogen-bond acceptors (Lipinski definition) is 5. The van der Waals surface area contributed by atoms with Gasteiger partial charge in [0.1, 0.15) is 0 Å². The molecule has 0 unspecified atom stereocenters. The molecule has 0 saturated carbocycles. The molecule has 160 valence electrons. The van der Waals surface area contributed by atoms with Crippen molar-refractivity contribution in [3.8, 4) is 17.2 Å². The Balaban J connectivity index is 1.65. The molecule has 1 aliphatic rings. The molecule has 0 spiro atoms. The van der Waals surface area contributed by atoms with Crippen molar-refractivity contribution in [2.75, 3.05) is 32.8 Å². The zero-order valence-electron chi connectivity index (χ0n) is 17.9. The molecule has 2 aromatic carbocycles. The minimum absolute atomic E-state index is 0.0350. The molecule has 1 saturated heterocycles. The normalized spacial score (nSPS) is 15.8. The van der Waals surface area contributed by atoms with Crippen LogP contribution in [0.1, 0.15) is 24.5 Å². The molecule has 0 aromatic heterocycles. The van der Waals surface area contributed by atoms with E-state index < -0.39 is 0 Å². The van der Waals surface area contributed by atoms with Crippen molar-refractivity contribution >= 4 is 17.5 Å². The van der Waals surface area contributed by atoms with E-state index in [0.717, 1.165) is 17.7 Å². The fourth-order valence-corrected chi connectivity index (χ4v) is 3.62. The number of methoxy groups -OCH3 is 3. The van der Waals surface area contributed by atoms with Gasteiger partial charge in [0.2, 0.25) is 17.6 Å². The van der Waals surface area contributed by atoms with Crippen LogP contribution >= 0.6 is 0 Å². The first-order valence-corrected chi connectivity index (χ1v) is 9.96. The van der Waals surface area contributed by atoms with Crippen molar-refractivity contribution in [2.24, 2.45) is 5.92 Å². The summed E-state index contributed by atoms with van der Waals surface area (Å²) in [6.07, 6.45) is 1.15. The van der Waals surface area contributed by atoms with E-state index in [1.54, 1.807) is 38.4 Å². The number of nitrogens with one attached hydrogen (secondary N) is 1. The van der Waals surface area contributed by atoms with E-state index in [1.165, 1.54) is 5.56 Å². The van der Waals surface area contributed by atoms with E-state index in [4.69, 9.17) is 14.2 Å². The van der Waals surface area contributed by atoms with Gasteiger partial charge >= 0.3 is 0 Å². The third-order valence-corrected chi connectivity index (χ3v) is 5.34. The molecule has 1 N–H and O–H groups in total. The van der Waals surface area contributed by atoms with Crippen LogP contribution in [0.15, 0.2) is 36.4 Å². The third kappa shape index (κ3) is 4.50. The molecule has 7 nitrogen and oxygen atoms in total. The molecule has 2 aromatic rings. The summed E-state index contributed by atoms with van der Waals surface area (Å²) in [5.74, 6) is 0.987. The molecule has 0 radical (unpaired) electrons. The average Bonchev–Trinajstić information content (AvgIpc) is 3.18. The van der Waals surface area contributed by atoms with Gasteiger partial charge in [-0.1, -0.05) is 19.1 Å². The van der Waals surface area contributed by atoms with Gasteiger partial charge < -0.3 is 24.4 Å². The van der Waals surface area contributed by atoms with Gasteiger partial charge in [-0.3, -0.25) is 9.59 Å². The minimum atomic E-state index is -0.384. The van der Waals surface area contributed by atoms with E-state index in [2.05, 4.69) is 12.2 Å². The quantitative estimate of drug-likeness (QED) is 0.721. The molecule has 1 atom stereocenters. The fourth-order valence-electron chi connectivity index (χ4n) is 3.62. The van der Waals surface area contributed by atoms with E-state index in [1.807, 2.05) is 24.3 Å². The second kappa shape index (κ2) is 9.52. The Morgan fingerprint density at radius 3 is 2.20 bits per heavy atom. The highest BCUT2D eigenvalue weighted by Gasteiger charge is 2.35. The number of amides is 2. The number of carbonyl (C=O) groups is 2. The maximum Gasteiger partial charge on any atom is 0.227 e. The lowest BCUT2D eigenvalue weighted by Gasteiger charge is -2.17. The molecule has 1 aliphatic heterocycles. The lowest BCUT2D eigenvalue weighted by molar-refractivity contribution is -0.126. The zero-order valence-corrected chi connectivity index (χ0v) is 17.9. The van der Waals surface area contributed by atoms with Gasteiger partial charge in [0.05, 0.1) is 27.2 Å². The van der Waals surface area contributed by atoms with Crippen LogP contribution in [-0.2, 0) is 22.6 Å². The van der Waals surface area contributed by atoms with Crippen LogP contribution in [0.4, 0.5) is 5.69 Å². The lowest BCUT2D eigenvalue weighted by atomic mass is 10.1. The summed E-state index contributed by atoms with van der Waals surface area (Å²) in [6, 6.07) is 11.5. The molecule has 2 amide bonds. The Morgan fingerprint density at radius 2 is 1.67 bits per heavy atom. The summed E-state index contributed by atoms with van der Waals surface area (Å²) in [5, 5.41) is 2.92. The molecular weight excluding hydrogens is 384 g/mol. The Morgan fingerprint density at radius 1 is 1.03 bits per heavy atom. The predicted octanol–water partition coefficient (Wildman–Crippen LogP) is 2.94. The molecular formula is C23H28N2O5. The molecule has 3 rings (SSSR count). The molecule has 0 aliphatic carbocycles. The smallest absolute Gasteiger partial charge is 0.227 e. The van der Waals surface area contributed by atoms with Gasteiger partial charge in [-0.2, -0.15) is 0 Å². The topological polar surface area (TPSA) is 77.1 Å². The van der Waals surface area contributed by atoms with Crippen LogP contribution < -0.4 is 24.4 Å². The van der Waals surface area contributed by atoms with E-state index in [0.29, 0.717) is 30.3 Å². The fraction of sp³-hybridized carbons (Fsp3) is 0.391. The van der Waals surface area contributed by atoms with E-state index in [9.17, 15) is 9.59 Å². The third-order valence-electron chi connectivity index (χ3n) is 5.34. The van der Waals surface area contributed by atoms with Crippen molar-refractivity contribution in [2.45, 2.75) is 26.3 Å². The minimum Gasteiger partial charge on any atom is -0.493 e. The molecule has 1 fully saturated rings. The van der Waals surface area contributed by atoms with Crippen LogP contribution in [0.25, 0.3) is 0 Å². The number of aryl methyl sites for hydroxylation is 1. The highest BCUT2D eigenvalue weighted by atomic mass is 16.5. The van der Waals surface area contributed by atoms with Gasteiger partial charge in [-0.05, 0) is 41.8 Å². The monoisotopic (exact) mass is 412 g/mol. The van der Waals surface area contributed by atoms with Crippen LogP contribution in [0.5, 0.6) is 17.2 Å². The number of carbonyl (C=O) groups excluding carboxylic acids is 2. The first-order valence-electron chi connectivity index (χ1n) is 9.96. The van der Waals surface area contributed by atoms with Gasteiger partial charge in [-0.15, -0.1) is 0 Å². The molecule has 30 heavy (non-hydrogen) atoms. The number of rotatable bonds is 8.